The Labute approximate surface area is 122 Å². The number of halogens is 2. The standard InChI is InChI=1S/C14H9BrFN3O/c15-10-7-8(5-6-12(10)17)14-18-13(19-20-14)9-3-1-2-4-11(9)16/h1-7H,17H2. The number of nitrogens with zero attached hydrogens (tertiary/aromatic N) is 2. The molecule has 0 atom stereocenters. The van der Waals surface area contributed by atoms with Gasteiger partial charge in [-0.3, -0.25) is 0 Å². The largest absolute Gasteiger partial charge is 0.398 e. The summed E-state index contributed by atoms with van der Waals surface area (Å²) >= 11 is 3.33. The number of rotatable bonds is 2. The molecule has 0 aliphatic carbocycles. The highest BCUT2D eigenvalue weighted by Gasteiger charge is 2.14. The normalized spacial score (nSPS) is 10.7. The molecule has 0 amide bonds. The molecular formula is C14H9BrFN3O. The molecular weight excluding hydrogens is 325 g/mol. The van der Waals surface area contributed by atoms with Gasteiger partial charge in [-0.2, -0.15) is 4.98 Å². The summed E-state index contributed by atoms with van der Waals surface area (Å²) in [6.07, 6.45) is 0. The lowest BCUT2D eigenvalue weighted by Gasteiger charge is -1.99. The fourth-order valence-corrected chi connectivity index (χ4v) is 2.13. The zero-order chi connectivity index (χ0) is 14.1. The second kappa shape index (κ2) is 5.05. The predicted molar refractivity (Wildman–Crippen MR) is 77.2 cm³/mol. The second-order valence-electron chi connectivity index (χ2n) is 4.14. The van der Waals surface area contributed by atoms with Crippen LogP contribution < -0.4 is 5.73 Å². The zero-order valence-corrected chi connectivity index (χ0v) is 11.8. The molecule has 2 aromatic carbocycles. The topological polar surface area (TPSA) is 64.9 Å². The lowest BCUT2D eigenvalue weighted by atomic mass is 10.2. The first-order valence-corrected chi connectivity index (χ1v) is 6.58. The van der Waals surface area contributed by atoms with Crippen molar-refractivity contribution in [1.82, 2.24) is 10.1 Å². The quantitative estimate of drug-likeness (QED) is 0.722. The molecule has 0 bridgehead atoms. The van der Waals surface area contributed by atoms with Gasteiger partial charge in [0.05, 0.1) is 5.56 Å². The van der Waals surface area contributed by atoms with E-state index >= 15 is 0 Å². The van der Waals surface area contributed by atoms with Crippen LogP contribution in [0.5, 0.6) is 0 Å². The summed E-state index contributed by atoms with van der Waals surface area (Å²) in [6.45, 7) is 0. The van der Waals surface area contributed by atoms with Crippen LogP contribution in [-0.4, -0.2) is 10.1 Å². The minimum Gasteiger partial charge on any atom is -0.398 e. The van der Waals surface area contributed by atoms with Crippen LogP contribution in [0.25, 0.3) is 22.8 Å². The molecule has 3 aromatic rings. The molecule has 2 N–H and O–H groups in total. The summed E-state index contributed by atoms with van der Waals surface area (Å²) in [7, 11) is 0. The Morgan fingerprint density at radius 2 is 1.95 bits per heavy atom. The molecule has 0 radical (unpaired) electrons. The van der Waals surface area contributed by atoms with E-state index in [1.807, 2.05) is 0 Å². The third-order valence-corrected chi connectivity index (χ3v) is 3.47. The molecule has 0 aliphatic rings. The van der Waals surface area contributed by atoms with Gasteiger partial charge in [0.1, 0.15) is 5.82 Å². The Morgan fingerprint density at radius 3 is 2.70 bits per heavy atom. The molecule has 6 heteroatoms. The Kier molecular flexibility index (Phi) is 3.23. The first-order chi connectivity index (χ1) is 9.65. The van der Waals surface area contributed by atoms with Gasteiger partial charge in [-0.15, -0.1) is 0 Å². The van der Waals surface area contributed by atoms with E-state index < -0.39 is 5.82 Å². The van der Waals surface area contributed by atoms with Gasteiger partial charge in [0.2, 0.25) is 5.82 Å². The second-order valence-corrected chi connectivity index (χ2v) is 4.99. The highest BCUT2D eigenvalue weighted by molar-refractivity contribution is 9.10. The van der Waals surface area contributed by atoms with Crippen molar-refractivity contribution in [3.63, 3.8) is 0 Å². The number of anilines is 1. The molecule has 0 unspecified atom stereocenters. The predicted octanol–water partition coefficient (Wildman–Crippen LogP) is 3.89. The summed E-state index contributed by atoms with van der Waals surface area (Å²) in [4.78, 5) is 4.20. The Balaban J connectivity index is 2.02. The van der Waals surface area contributed by atoms with Crippen LogP contribution in [0.2, 0.25) is 0 Å². The molecule has 0 aliphatic heterocycles. The zero-order valence-electron chi connectivity index (χ0n) is 10.2. The Morgan fingerprint density at radius 1 is 1.15 bits per heavy atom. The van der Waals surface area contributed by atoms with E-state index in [-0.39, 0.29) is 5.82 Å². The smallest absolute Gasteiger partial charge is 0.258 e. The summed E-state index contributed by atoms with van der Waals surface area (Å²) in [5.74, 6) is 0.133. The van der Waals surface area contributed by atoms with E-state index in [0.717, 1.165) is 4.47 Å². The molecule has 0 spiro atoms. The fraction of sp³-hybridized carbons (Fsp3) is 0. The maximum Gasteiger partial charge on any atom is 0.258 e. The van der Waals surface area contributed by atoms with E-state index in [2.05, 4.69) is 26.1 Å². The van der Waals surface area contributed by atoms with E-state index in [9.17, 15) is 4.39 Å². The van der Waals surface area contributed by atoms with Crippen molar-refractivity contribution in [2.45, 2.75) is 0 Å². The van der Waals surface area contributed by atoms with Crippen LogP contribution in [0.4, 0.5) is 10.1 Å². The van der Waals surface area contributed by atoms with Gasteiger partial charge < -0.3 is 10.3 Å². The van der Waals surface area contributed by atoms with Gasteiger partial charge in [-0.1, -0.05) is 17.3 Å². The third-order valence-electron chi connectivity index (χ3n) is 2.79. The molecule has 3 rings (SSSR count). The van der Waals surface area contributed by atoms with Gasteiger partial charge in [-0.25, -0.2) is 4.39 Å². The van der Waals surface area contributed by atoms with Crippen molar-refractivity contribution in [2.75, 3.05) is 5.73 Å². The first-order valence-electron chi connectivity index (χ1n) is 5.79. The van der Waals surface area contributed by atoms with Crippen LogP contribution in [0, 0.1) is 5.82 Å². The van der Waals surface area contributed by atoms with E-state index in [4.69, 9.17) is 10.3 Å². The van der Waals surface area contributed by atoms with Crippen molar-refractivity contribution < 1.29 is 8.91 Å². The molecule has 4 nitrogen and oxygen atoms in total. The molecule has 1 heterocycles. The molecule has 20 heavy (non-hydrogen) atoms. The Bertz CT molecular complexity index is 773. The molecule has 0 fully saturated rings. The molecule has 1 aromatic heterocycles. The minimum atomic E-state index is -0.390. The molecule has 100 valence electrons. The summed E-state index contributed by atoms with van der Waals surface area (Å²) in [5.41, 5.74) is 7.35. The summed E-state index contributed by atoms with van der Waals surface area (Å²) < 4.78 is 19.6. The first kappa shape index (κ1) is 12.8. The number of nitrogens with two attached hydrogens (primary N) is 1. The number of benzene rings is 2. The Hall–Kier alpha value is -2.21. The van der Waals surface area contributed by atoms with Crippen molar-refractivity contribution >= 4 is 21.6 Å². The number of hydrogen-bond donors (Lipinski definition) is 1. The van der Waals surface area contributed by atoms with Crippen molar-refractivity contribution in [1.29, 1.82) is 0 Å². The third kappa shape index (κ3) is 2.30. The lowest BCUT2D eigenvalue weighted by Crippen LogP contribution is -1.88. The number of aromatic nitrogens is 2. The summed E-state index contributed by atoms with van der Waals surface area (Å²) in [6, 6.07) is 11.5. The maximum atomic E-state index is 13.7. The average molecular weight is 334 g/mol. The van der Waals surface area contributed by atoms with E-state index in [1.165, 1.54) is 6.07 Å². The minimum absolute atomic E-state index is 0.214. The highest BCUT2D eigenvalue weighted by atomic mass is 79.9. The van der Waals surface area contributed by atoms with Gasteiger partial charge in [0.15, 0.2) is 0 Å². The maximum absolute atomic E-state index is 13.7. The van der Waals surface area contributed by atoms with Crippen molar-refractivity contribution in [3.8, 4) is 22.8 Å². The van der Waals surface area contributed by atoms with Crippen LogP contribution in [0.15, 0.2) is 51.5 Å². The van der Waals surface area contributed by atoms with Crippen molar-refractivity contribution in [3.05, 3.63) is 52.8 Å². The van der Waals surface area contributed by atoms with Gasteiger partial charge in [0, 0.05) is 15.7 Å². The fourth-order valence-electron chi connectivity index (χ4n) is 1.75. The van der Waals surface area contributed by atoms with Gasteiger partial charge >= 0.3 is 0 Å². The molecule has 0 saturated heterocycles. The number of hydrogen-bond acceptors (Lipinski definition) is 4. The van der Waals surface area contributed by atoms with Crippen LogP contribution in [0.1, 0.15) is 0 Å². The van der Waals surface area contributed by atoms with Crippen LogP contribution in [0.3, 0.4) is 0 Å². The SMILES string of the molecule is Nc1ccc(-c2nc(-c3ccccc3F)no2)cc1Br. The molecule has 0 saturated carbocycles. The monoisotopic (exact) mass is 333 g/mol. The van der Waals surface area contributed by atoms with Crippen LogP contribution in [-0.2, 0) is 0 Å². The van der Waals surface area contributed by atoms with E-state index in [1.54, 1.807) is 36.4 Å². The van der Waals surface area contributed by atoms with Gasteiger partial charge in [-0.05, 0) is 46.3 Å². The highest BCUT2D eigenvalue weighted by Crippen LogP contribution is 2.28. The van der Waals surface area contributed by atoms with E-state index in [0.29, 0.717) is 22.7 Å². The van der Waals surface area contributed by atoms with Crippen LogP contribution >= 0.6 is 15.9 Å². The van der Waals surface area contributed by atoms with Gasteiger partial charge in [0.25, 0.3) is 5.89 Å². The summed E-state index contributed by atoms with van der Waals surface area (Å²) in [5, 5.41) is 3.80. The lowest BCUT2D eigenvalue weighted by molar-refractivity contribution is 0.432. The van der Waals surface area contributed by atoms with Crippen molar-refractivity contribution in [2.24, 2.45) is 0 Å². The average Bonchev–Trinajstić information content (AvgIpc) is 2.92. The number of nitrogen functional groups attached to an aromatic ring is 1.